The number of nitro groups is 1. The highest BCUT2D eigenvalue weighted by atomic mass is 16.6. The molecule has 25 heavy (non-hydrogen) atoms. The van der Waals surface area contributed by atoms with E-state index in [-0.39, 0.29) is 23.7 Å². The van der Waals surface area contributed by atoms with E-state index in [1.165, 1.54) is 12.1 Å². The summed E-state index contributed by atoms with van der Waals surface area (Å²) in [5.41, 5.74) is 5.90. The molecule has 2 aliphatic heterocycles. The number of hydrogen-bond acceptors (Lipinski definition) is 6. The van der Waals surface area contributed by atoms with Gasteiger partial charge in [-0.15, -0.1) is 0 Å². The van der Waals surface area contributed by atoms with Crippen LogP contribution in [0.4, 0.5) is 11.5 Å². The number of hydrogen-bond donors (Lipinski definition) is 1. The van der Waals surface area contributed by atoms with Gasteiger partial charge < -0.3 is 20.3 Å². The monoisotopic (exact) mass is 348 g/mol. The van der Waals surface area contributed by atoms with Crippen molar-refractivity contribution in [3.63, 3.8) is 0 Å². The Morgan fingerprint density at radius 2 is 2.04 bits per heavy atom. The largest absolute Gasteiger partial charge is 0.369 e. The molecule has 3 heterocycles. The fourth-order valence-corrected chi connectivity index (χ4v) is 2.87. The summed E-state index contributed by atoms with van der Waals surface area (Å²) in [5.74, 6) is 0.635. The molecule has 0 bridgehead atoms. The fraction of sp³-hybridized carbons (Fsp3) is 0.533. The Hall–Kier alpha value is -2.75. The Morgan fingerprint density at radius 1 is 1.32 bits per heavy atom. The molecule has 1 aromatic rings. The molecule has 10 heteroatoms. The van der Waals surface area contributed by atoms with Gasteiger partial charge in [0, 0.05) is 38.9 Å². The minimum Gasteiger partial charge on any atom is -0.369 e. The number of carbonyl (C=O) groups excluding carboxylic acids is 1. The van der Waals surface area contributed by atoms with Gasteiger partial charge in [-0.2, -0.15) is 4.99 Å². The zero-order chi connectivity index (χ0) is 17.8. The predicted octanol–water partition coefficient (Wildman–Crippen LogP) is 0.259. The lowest BCUT2D eigenvalue weighted by molar-refractivity contribution is -0.385. The Balaban J connectivity index is 1.56. The Bertz CT molecular complexity index is 663. The Morgan fingerprint density at radius 3 is 2.60 bits per heavy atom. The third kappa shape index (κ3) is 4.02. The maximum Gasteiger partial charge on any atom is 0.287 e. The van der Waals surface area contributed by atoms with Gasteiger partial charge in [0.25, 0.3) is 11.6 Å². The smallest absolute Gasteiger partial charge is 0.287 e. The van der Waals surface area contributed by atoms with Crippen LogP contribution in [-0.4, -0.2) is 70.5 Å². The number of pyridine rings is 1. The highest BCUT2D eigenvalue weighted by molar-refractivity contribution is 5.83. The van der Waals surface area contributed by atoms with Crippen LogP contribution >= 0.6 is 0 Å². The van der Waals surface area contributed by atoms with Crippen LogP contribution in [-0.2, 0) is 9.53 Å². The topological polar surface area (TPSA) is 127 Å². The SMILES string of the molecule is NC(=Nc1ccc([N+](=O)[O-])cn1)N1CCN(C(=O)C2CCCO2)CC1. The van der Waals surface area contributed by atoms with Crippen molar-refractivity contribution in [2.75, 3.05) is 32.8 Å². The minimum atomic E-state index is -0.520. The van der Waals surface area contributed by atoms with Crippen molar-refractivity contribution in [3.8, 4) is 0 Å². The van der Waals surface area contributed by atoms with E-state index in [1.807, 2.05) is 4.90 Å². The molecule has 0 aromatic carbocycles. The average molecular weight is 348 g/mol. The van der Waals surface area contributed by atoms with Gasteiger partial charge in [-0.1, -0.05) is 0 Å². The Kier molecular flexibility index (Phi) is 5.08. The first-order chi connectivity index (χ1) is 12.0. The molecule has 2 saturated heterocycles. The first-order valence-corrected chi connectivity index (χ1v) is 8.14. The molecule has 134 valence electrons. The molecule has 0 saturated carbocycles. The van der Waals surface area contributed by atoms with Crippen molar-refractivity contribution in [2.45, 2.75) is 18.9 Å². The van der Waals surface area contributed by atoms with Gasteiger partial charge in [0.15, 0.2) is 11.8 Å². The quantitative estimate of drug-likeness (QED) is 0.359. The standard InChI is InChI=1S/C15H20N6O4/c16-15(18-13-4-3-11(10-17-13)21(23)24)20-7-5-19(6-8-20)14(22)12-2-1-9-25-12/h3-4,10,12H,1-2,5-9H2,(H2,16,17,18). The van der Waals surface area contributed by atoms with Crippen molar-refractivity contribution < 1.29 is 14.5 Å². The summed E-state index contributed by atoms with van der Waals surface area (Å²) in [7, 11) is 0. The zero-order valence-electron chi connectivity index (χ0n) is 13.7. The highest BCUT2D eigenvalue weighted by Crippen LogP contribution is 2.17. The third-order valence-electron chi connectivity index (χ3n) is 4.29. The van der Waals surface area contributed by atoms with Crippen molar-refractivity contribution in [3.05, 3.63) is 28.4 Å². The van der Waals surface area contributed by atoms with Crippen molar-refractivity contribution in [1.82, 2.24) is 14.8 Å². The summed E-state index contributed by atoms with van der Waals surface area (Å²) in [6, 6.07) is 2.78. The molecule has 1 unspecified atom stereocenters. The van der Waals surface area contributed by atoms with Gasteiger partial charge in [-0.3, -0.25) is 14.9 Å². The summed E-state index contributed by atoms with van der Waals surface area (Å²) in [4.78, 5) is 34.2. The second-order valence-corrected chi connectivity index (χ2v) is 5.92. The van der Waals surface area contributed by atoms with Gasteiger partial charge in [0.05, 0.1) is 4.92 Å². The normalized spacial score (nSPS) is 21.4. The van der Waals surface area contributed by atoms with Crippen molar-refractivity contribution in [1.29, 1.82) is 0 Å². The van der Waals surface area contributed by atoms with E-state index in [1.54, 1.807) is 4.90 Å². The van der Waals surface area contributed by atoms with Gasteiger partial charge in [0.2, 0.25) is 0 Å². The molecule has 1 aromatic heterocycles. The molecular formula is C15H20N6O4. The molecule has 3 rings (SSSR count). The number of guanidine groups is 1. The number of aliphatic imine (C=N–C) groups is 1. The summed E-state index contributed by atoms with van der Waals surface area (Å²) in [6.07, 6.45) is 2.55. The van der Waals surface area contributed by atoms with Crippen LogP contribution < -0.4 is 5.73 Å². The lowest BCUT2D eigenvalue weighted by Gasteiger charge is -2.36. The second kappa shape index (κ2) is 7.43. The molecule has 0 spiro atoms. The number of nitrogens with zero attached hydrogens (tertiary/aromatic N) is 5. The predicted molar refractivity (Wildman–Crippen MR) is 89.3 cm³/mol. The van der Waals surface area contributed by atoms with Crippen molar-refractivity contribution in [2.24, 2.45) is 10.7 Å². The van der Waals surface area contributed by atoms with E-state index < -0.39 is 4.92 Å². The molecule has 10 nitrogen and oxygen atoms in total. The minimum absolute atomic E-state index is 0.0460. The van der Waals surface area contributed by atoms with E-state index in [0.717, 1.165) is 19.0 Å². The molecule has 0 radical (unpaired) electrons. The molecule has 1 atom stereocenters. The summed E-state index contributed by atoms with van der Waals surface area (Å²) < 4.78 is 5.44. The summed E-state index contributed by atoms with van der Waals surface area (Å²) in [6.45, 7) is 2.91. The number of piperazine rings is 1. The van der Waals surface area contributed by atoms with Crippen LogP contribution in [0.15, 0.2) is 23.3 Å². The number of ether oxygens (including phenoxy) is 1. The lowest BCUT2D eigenvalue weighted by Crippen LogP contribution is -2.54. The van der Waals surface area contributed by atoms with Crippen LogP contribution in [0.1, 0.15) is 12.8 Å². The van der Waals surface area contributed by atoms with E-state index in [4.69, 9.17) is 10.5 Å². The van der Waals surface area contributed by atoms with E-state index in [9.17, 15) is 14.9 Å². The van der Waals surface area contributed by atoms with Gasteiger partial charge in [-0.05, 0) is 18.9 Å². The maximum atomic E-state index is 12.3. The lowest BCUT2D eigenvalue weighted by atomic mass is 10.2. The molecule has 2 fully saturated rings. The fourth-order valence-electron chi connectivity index (χ4n) is 2.87. The van der Waals surface area contributed by atoms with Crippen LogP contribution in [0.25, 0.3) is 0 Å². The molecule has 2 N–H and O–H groups in total. The summed E-state index contributed by atoms with van der Waals surface area (Å²) >= 11 is 0. The average Bonchev–Trinajstić information content (AvgIpc) is 3.16. The molecule has 2 aliphatic rings. The number of nitrogens with two attached hydrogens (primary N) is 1. The van der Waals surface area contributed by atoms with Crippen LogP contribution in [0, 0.1) is 10.1 Å². The number of rotatable bonds is 3. The third-order valence-corrected chi connectivity index (χ3v) is 4.29. The zero-order valence-corrected chi connectivity index (χ0v) is 13.7. The van der Waals surface area contributed by atoms with E-state index >= 15 is 0 Å². The summed E-state index contributed by atoms with van der Waals surface area (Å²) in [5, 5.41) is 10.6. The number of carbonyl (C=O) groups is 1. The van der Waals surface area contributed by atoms with Crippen LogP contribution in [0.2, 0.25) is 0 Å². The first kappa shape index (κ1) is 17.1. The second-order valence-electron chi connectivity index (χ2n) is 5.92. The first-order valence-electron chi connectivity index (χ1n) is 8.14. The van der Waals surface area contributed by atoms with Gasteiger partial charge >= 0.3 is 0 Å². The molecular weight excluding hydrogens is 328 g/mol. The van der Waals surface area contributed by atoms with E-state index in [0.29, 0.717) is 38.6 Å². The Labute approximate surface area is 144 Å². The van der Waals surface area contributed by atoms with Gasteiger partial charge in [0.1, 0.15) is 12.3 Å². The van der Waals surface area contributed by atoms with Crippen LogP contribution in [0.3, 0.4) is 0 Å². The number of amides is 1. The maximum absolute atomic E-state index is 12.3. The molecule has 1 amide bonds. The van der Waals surface area contributed by atoms with Crippen molar-refractivity contribution >= 4 is 23.4 Å². The van der Waals surface area contributed by atoms with Crippen LogP contribution in [0.5, 0.6) is 0 Å². The number of aromatic nitrogens is 1. The van der Waals surface area contributed by atoms with Gasteiger partial charge in [-0.25, -0.2) is 4.98 Å². The molecule has 0 aliphatic carbocycles. The highest BCUT2D eigenvalue weighted by Gasteiger charge is 2.30. The van der Waals surface area contributed by atoms with E-state index in [2.05, 4.69) is 9.98 Å².